The molecule has 4 fully saturated rings. The molecule has 1 amide bonds. The van der Waals surface area contributed by atoms with Gasteiger partial charge in [0, 0.05) is 12.5 Å². The van der Waals surface area contributed by atoms with E-state index in [9.17, 15) is 4.79 Å². The van der Waals surface area contributed by atoms with Crippen LogP contribution in [0.2, 0.25) is 0 Å². The zero-order chi connectivity index (χ0) is 13.5. The van der Waals surface area contributed by atoms with Crippen LogP contribution >= 0.6 is 11.3 Å². The summed E-state index contributed by atoms with van der Waals surface area (Å²) in [4.78, 5) is 12.2. The van der Waals surface area contributed by atoms with Gasteiger partial charge in [0.1, 0.15) is 0 Å². The van der Waals surface area contributed by atoms with Gasteiger partial charge in [-0.1, -0.05) is 0 Å². The number of amides is 1. The summed E-state index contributed by atoms with van der Waals surface area (Å²) in [5.41, 5.74) is 1.30. The average molecular weight is 289 g/mol. The third kappa shape index (κ3) is 2.41. The molecule has 4 saturated carbocycles. The molecule has 1 N–H and O–H groups in total. The summed E-state index contributed by atoms with van der Waals surface area (Å²) < 4.78 is 0. The van der Waals surface area contributed by atoms with Crippen molar-refractivity contribution in [2.45, 2.75) is 51.0 Å². The van der Waals surface area contributed by atoms with Crippen LogP contribution in [0.1, 0.15) is 44.1 Å². The molecule has 1 heterocycles. The van der Waals surface area contributed by atoms with E-state index in [2.05, 4.69) is 22.1 Å². The van der Waals surface area contributed by atoms with Gasteiger partial charge in [-0.25, -0.2) is 0 Å². The Hall–Kier alpha value is -0.830. The molecule has 4 aliphatic rings. The summed E-state index contributed by atoms with van der Waals surface area (Å²) in [7, 11) is 0. The number of nitrogens with one attached hydrogen (secondary N) is 1. The standard InChI is InChI=1S/C17H23NOS/c19-16(2-1-11-3-4-20-10-11)18-17-14-6-12-5-13(8-14)9-15(17)7-12/h3-4,10,12-15,17H,1-2,5-9H2,(H,18,19). The van der Waals surface area contributed by atoms with E-state index in [1.165, 1.54) is 37.7 Å². The van der Waals surface area contributed by atoms with Crippen molar-refractivity contribution in [1.82, 2.24) is 5.32 Å². The molecule has 4 bridgehead atoms. The van der Waals surface area contributed by atoms with Crippen LogP contribution in [0, 0.1) is 23.7 Å². The summed E-state index contributed by atoms with van der Waals surface area (Å²) in [5, 5.41) is 7.63. The fraction of sp³-hybridized carbons (Fsp3) is 0.706. The maximum absolute atomic E-state index is 12.2. The van der Waals surface area contributed by atoms with Gasteiger partial charge in [-0.05, 0) is 84.6 Å². The van der Waals surface area contributed by atoms with Crippen molar-refractivity contribution in [3.05, 3.63) is 22.4 Å². The fourth-order valence-electron chi connectivity index (χ4n) is 5.11. The van der Waals surface area contributed by atoms with E-state index in [1.807, 2.05) is 0 Å². The smallest absolute Gasteiger partial charge is 0.220 e. The summed E-state index contributed by atoms with van der Waals surface area (Å²) in [6.45, 7) is 0. The number of hydrogen-bond acceptors (Lipinski definition) is 2. The largest absolute Gasteiger partial charge is 0.353 e. The van der Waals surface area contributed by atoms with E-state index in [1.54, 1.807) is 11.3 Å². The summed E-state index contributed by atoms with van der Waals surface area (Å²) in [6, 6.07) is 2.62. The molecule has 0 radical (unpaired) electrons. The first-order chi connectivity index (χ1) is 9.78. The highest BCUT2D eigenvalue weighted by Crippen LogP contribution is 2.53. The fourth-order valence-corrected chi connectivity index (χ4v) is 5.81. The predicted molar refractivity (Wildman–Crippen MR) is 81.6 cm³/mol. The number of carbonyl (C=O) groups excluding carboxylic acids is 1. The zero-order valence-electron chi connectivity index (χ0n) is 11.9. The maximum atomic E-state index is 12.2. The number of carbonyl (C=O) groups is 1. The monoisotopic (exact) mass is 289 g/mol. The van der Waals surface area contributed by atoms with Crippen molar-refractivity contribution < 1.29 is 4.79 Å². The molecular formula is C17H23NOS. The lowest BCUT2D eigenvalue weighted by Crippen LogP contribution is -2.55. The Labute approximate surface area is 125 Å². The van der Waals surface area contributed by atoms with Gasteiger partial charge in [-0.3, -0.25) is 4.79 Å². The summed E-state index contributed by atoms with van der Waals surface area (Å²) in [6.07, 6.45) is 8.53. The van der Waals surface area contributed by atoms with Crippen LogP contribution in [0.25, 0.3) is 0 Å². The van der Waals surface area contributed by atoms with Crippen molar-refractivity contribution in [2.75, 3.05) is 0 Å². The normalized spacial score (nSPS) is 38.1. The highest BCUT2D eigenvalue weighted by Gasteiger charge is 2.48. The second kappa shape index (κ2) is 5.18. The molecule has 3 heteroatoms. The second-order valence-corrected chi connectivity index (χ2v) is 7.94. The van der Waals surface area contributed by atoms with E-state index in [-0.39, 0.29) is 5.91 Å². The SMILES string of the molecule is O=C(CCc1ccsc1)NC1C2CC3CC(C2)CC1C3. The lowest BCUT2D eigenvalue weighted by atomic mass is 9.54. The van der Waals surface area contributed by atoms with Crippen molar-refractivity contribution in [2.24, 2.45) is 23.7 Å². The van der Waals surface area contributed by atoms with Gasteiger partial charge in [0.05, 0.1) is 0 Å². The van der Waals surface area contributed by atoms with Crippen molar-refractivity contribution >= 4 is 17.2 Å². The van der Waals surface area contributed by atoms with Gasteiger partial charge in [0.15, 0.2) is 0 Å². The Morgan fingerprint density at radius 1 is 1.15 bits per heavy atom. The van der Waals surface area contributed by atoms with Crippen LogP contribution in [-0.4, -0.2) is 11.9 Å². The first kappa shape index (κ1) is 12.9. The van der Waals surface area contributed by atoms with E-state index >= 15 is 0 Å². The highest BCUT2D eigenvalue weighted by molar-refractivity contribution is 7.07. The van der Waals surface area contributed by atoms with Crippen LogP contribution in [-0.2, 0) is 11.2 Å². The molecule has 5 rings (SSSR count). The minimum atomic E-state index is 0.272. The minimum Gasteiger partial charge on any atom is -0.353 e. The average Bonchev–Trinajstić information content (AvgIpc) is 2.93. The molecule has 1 aromatic heterocycles. The minimum absolute atomic E-state index is 0.272. The van der Waals surface area contributed by atoms with Gasteiger partial charge >= 0.3 is 0 Å². The third-order valence-electron chi connectivity index (χ3n) is 5.78. The molecule has 0 aliphatic heterocycles. The Morgan fingerprint density at radius 2 is 1.85 bits per heavy atom. The first-order valence-electron chi connectivity index (χ1n) is 8.08. The predicted octanol–water partition coefficient (Wildman–Crippen LogP) is 3.62. The first-order valence-corrected chi connectivity index (χ1v) is 9.02. The Kier molecular flexibility index (Phi) is 3.33. The van der Waals surface area contributed by atoms with E-state index in [0.717, 1.165) is 30.1 Å². The topological polar surface area (TPSA) is 29.1 Å². The number of rotatable bonds is 4. The van der Waals surface area contributed by atoms with Gasteiger partial charge in [0.2, 0.25) is 5.91 Å². The van der Waals surface area contributed by atoms with Crippen molar-refractivity contribution in [3.8, 4) is 0 Å². The van der Waals surface area contributed by atoms with Crippen molar-refractivity contribution in [3.63, 3.8) is 0 Å². The maximum Gasteiger partial charge on any atom is 0.220 e. The zero-order valence-corrected chi connectivity index (χ0v) is 12.7. The molecule has 0 spiro atoms. The molecule has 0 aromatic carbocycles. The molecule has 20 heavy (non-hydrogen) atoms. The third-order valence-corrected chi connectivity index (χ3v) is 6.51. The van der Waals surface area contributed by atoms with Gasteiger partial charge in [-0.2, -0.15) is 11.3 Å². The van der Waals surface area contributed by atoms with E-state index < -0.39 is 0 Å². The van der Waals surface area contributed by atoms with Crippen LogP contribution in [0.4, 0.5) is 0 Å². The second-order valence-electron chi connectivity index (χ2n) is 7.16. The number of thiophene rings is 1. The highest BCUT2D eigenvalue weighted by atomic mass is 32.1. The molecule has 0 unspecified atom stereocenters. The molecular weight excluding hydrogens is 266 g/mol. The number of hydrogen-bond donors (Lipinski definition) is 1. The Morgan fingerprint density at radius 3 is 2.45 bits per heavy atom. The number of aryl methyl sites for hydroxylation is 1. The molecule has 108 valence electrons. The van der Waals surface area contributed by atoms with Gasteiger partial charge in [-0.15, -0.1) is 0 Å². The lowest BCUT2D eigenvalue weighted by Gasteiger charge is -2.54. The van der Waals surface area contributed by atoms with E-state index in [4.69, 9.17) is 0 Å². The lowest BCUT2D eigenvalue weighted by molar-refractivity contribution is -0.125. The van der Waals surface area contributed by atoms with Gasteiger partial charge < -0.3 is 5.32 Å². The van der Waals surface area contributed by atoms with Gasteiger partial charge in [0.25, 0.3) is 0 Å². The molecule has 2 nitrogen and oxygen atoms in total. The van der Waals surface area contributed by atoms with Crippen molar-refractivity contribution in [1.29, 1.82) is 0 Å². The molecule has 0 atom stereocenters. The molecule has 1 aromatic rings. The Bertz CT molecular complexity index is 453. The summed E-state index contributed by atoms with van der Waals surface area (Å²) in [5.74, 6) is 3.81. The van der Waals surface area contributed by atoms with Crippen LogP contribution in [0.15, 0.2) is 16.8 Å². The van der Waals surface area contributed by atoms with Crippen LogP contribution in [0.3, 0.4) is 0 Å². The molecule has 4 aliphatic carbocycles. The van der Waals surface area contributed by atoms with E-state index in [0.29, 0.717) is 12.5 Å². The van der Waals surface area contributed by atoms with Crippen LogP contribution in [0.5, 0.6) is 0 Å². The Balaban J connectivity index is 1.33. The quantitative estimate of drug-likeness (QED) is 0.901. The van der Waals surface area contributed by atoms with Crippen LogP contribution < -0.4 is 5.32 Å². The summed E-state index contributed by atoms with van der Waals surface area (Å²) >= 11 is 1.71. The molecule has 0 saturated heterocycles.